The summed E-state index contributed by atoms with van der Waals surface area (Å²) >= 11 is 1.40. The van der Waals surface area contributed by atoms with E-state index in [2.05, 4.69) is 5.92 Å². The van der Waals surface area contributed by atoms with E-state index in [1.807, 2.05) is 11.4 Å². The normalized spacial score (nSPS) is 14.1. The Morgan fingerprint density at radius 1 is 1.71 bits per heavy atom. The minimum Gasteiger partial charge on any atom is -0.495 e. The van der Waals surface area contributed by atoms with E-state index in [9.17, 15) is 4.79 Å². The number of hydrogen-bond donors (Lipinski definition) is 0. The van der Waals surface area contributed by atoms with Gasteiger partial charge in [-0.2, -0.15) is 0 Å². The lowest BCUT2D eigenvalue weighted by Crippen LogP contribution is -2.33. The SMILES string of the molecule is C#CCN(CC1CC1)C(=O)c1sccc1OC. The van der Waals surface area contributed by atoms with Gasteiger partial charge in [-0.3, -0.25) is 4.79 Å². The van der Waals surface area contributed by atoms with Crippen LogP contribution < -0.4 is 4.74 Å². The van der Waals surface area contributed by atoms with E-state index in [0.29, 0.717) is 23.1 Å². The molecule has 1 aliphatic rings. The molecule has 4 heteroatoms. The van der Waals surface area contributed by atoms with Crippen molar-refractivity contribution in [3.05, 3.63) is 16.3 Å². The average Bonchev–Trinajstić information content (AvgIpc) is 3.02. The zero-order valence-electron chi connectivity index (χ0n) is 9.81. The Balaban J connectivity index is 2.12. The molecule has 0 saturated heterocycles. The van der Waals surface area contributed by atoms with Crippen molar-refractivity contribution in [2.45, 2.75) is 12.8 Å². The lowest BCUT2D eigenvalue weighted by Gasteiger charge is -2.19. The highest BCUT2D eigenvalue weighted by molar-refractivity contribution is 7.12. The smallest absolute Gasteiger partial charge is 0.268 e. The first kappa shape index (κ1) is 12.0. The number of nitrogens with zero attached hydrogens (tertiary/aromatic N) is 1. The van der Waals surface area contributed by atoms with Crippen LogP contribution in [0.25, 0.3) is 0 Å². The molecule has 17 heavy (non-hydrogen) atoms. The van der Waals surface area contributed by atoms with Gasteiger partial charge in [-0.15, -0.1) is 17.8 Å². The van der Waals surface area contributed by atoms with Crippen LogP contribution in [0.4, 0.5) is 0 Å². The third kappa shape index (κ3) is 2.80. The third-order valence-corrected chi connectivity index (χ3v) is 3.67. The van der Waals surface area contributed by atoms with Crippen LogP contribution in [0.5, 0.6) is 5.75 Å². The number of thiophene rings is 1. The van der Waals surface area contributed by atoms with Crippen LogP contribution in [0.1, 0.15) is 22.5 Å². The molecule has 90 valence electrons. The number of hydrogen-bond acceptors (Lipinski definition) is 3. The second-order valence-electron chi connectivity index (χ2n) is 4.15. The molecule has 1 aliphatic carbocycles. The summed E-state index contributed by atoms with van der Waals surface area (Å²) in [7, 11) is 1.57. The second-order valence-corrected chi connectivity index (χ2v) is 5.07. The maximum Gasteiger partial charge on any atom is 0.268 e. The number of amides is 1. The summed E-state index contributed by atoms with van der Waals surface area (Å²) in [5, 5.41) is 1.86. The molecule has 3 nitrogen and oxygen atoms in total. The number of carbonyl (C=O) groups is 1. The van der Waals surface area contributed by atoms with Crippen molar-refractivity contribution in [2.24, 2.45) is 5.92 Å². The standard InChI is InChI=1S/C13H15NO2S/c1-3-7-14(9-10-4-5-10)13(15)12-11(16-2)6-8-17-12/h1,6,8,10H,4-5,7,9H2,2H3. The summed E-state index contributed by atoms with van der Waals surface area (Å²) in [6.07, 6.45) is 7.72. The van der Waals surface area contributed by atoms with Crippen LogP contribution in [-0.4, -0.2) is 31.0 Å². The summed E-state index contributed by atoms with van der Waals surface area (Å²) < 4.78 is 5.17. The Bertz CT molecular complexity index is 443. The molecule has 1 amide bonds. The molecule has 0 aliphatic heterocycles. The van der Waals surface area contributed by atoms with Crippen molar-refractivity contribution in [1.29, 1.82) is 0 Å². The molecular weight excluding hydrogens is 234 g/mol. The molecule has 0 spiro atoms. The van der Waals surface area contributed by atoms with E-state index < -0.39 is 0 Å². The van der Waals surface area contributed by atoms with Gasteiger partial charge in [0.25, 0.3) is 5.91 Å². The number of methoxy groups -OCH3 is 1. The van der Waals surface area contributed by atoms with Gasteiger partial charge in [-0.1, -0.05) is 5.92 Å². The average molecular weight is 249 g/mol. The molecule has 0 aromatic carbocycles. The van der Waals surface area contributed by atoms with Gasteiger partial charge in [0.05, 0.1) is 13.7 Å². The number of ether oxygens (including phenoxy) is 1. The lowest BCUT2D eigenvalue weighted by molar-refractivity contribution is 0.0771. The van der Waals surface area contributed by atoms with Crippen molar-refractivity contribution >= 4 is 17.2 Å². The number of rotatable bonds is 5. The Labute approximate surface area is 105 Å². The van der Waals surface area contributed by atoms with Crippen molar-refractivity contribution < 1.29 is 9.53 Å². The molecule has 0 unspecified atom stereocenters. The minimum absolute atomic E-state index is 0.0123. The minimum atomic E-state index is -0.0123. The Kier molecular flexibility index (Phi) is 3.70. The number of carbonyl (C=O) groups excluding carboxylic acids is 1. The topological polar surface area (TPSA) is 29.5 Å². The highest BCUT2D eigenvalue weighted by Crippen LogP contribution is 2.31. The zero-order valence-corrected chi connectivity index (χ0v) is 10.6. The maximum atomic E-state index is 12.3. The molecule has 0 radical (unpaired) electrons. The van der Waals surface area contributed by atoms with Crippen LogP contribution in [-0.2, 0) is 0 Å². The molecular formula is C13H15NO2S. The highest BCUT2D eigenvalue weighted by atomic mass is 32.1. The van der Waals surface area contributed by atoms with Gasteiger partial charge in [0.2, 0.25) is 0 Å². The van der Waals surface area contributed by atoms with Gasteiger partial charge >= 0.3 is 0 Å². The first-order valence-corrected chi connectivity index (χ1v) is 6.48. The molecule has 1 aromatic heterocycles. The van der Waals surface area contributed by atoms with E-state index in [1.54, 1.807) is 12.0 Å². The summed E-state index contributed by atoms with van der Waals surface area (Å²) in [5.41, 5.74) is 0. The van der Waals surface area contributed by atoms with Crippen LogP contribution in [0.15, 0.2) is 11.4 Å². The quantitative estimate of drug-likeness (QED) is 0.749. The first-order chi connectivity index (χ1) is 8.26. The molecule has 1 heterocycles. The Morgan fingerprint density at radius 2 is 2.47 bits per heavy atom. The lowest BCUT2D eigenvalue weighted by atomic mass is 10.3. The first-order valence-electron chi connectivity index (χ1n) is 5.60. The van der Waals surface area contributed by atoms with Crippen LogP contribution >= 0.6 is 11.3 Å². The van der Waals surface area contributed by atoms with E-state index in [4.69, 9.17) is 11.2 Å². The third-order valence-electron chi connectivity index (χ3n) is 2.79. The number of terminal acetylenes is 1. The monoisotopic (exact) mass is 249 g/mol. The molecule has 1 aromatic rings. The molecule has 0 bridgehead atoms. The van der Waals surface area contributed by atoms with Crippen molar-refractivity contribution in [1.82, 2.24) is 4.90 Å². The van der Waals surface area contributed by atoms with Gasteiger partial charge in [0.15, 0.2) is 0 Å². The second kappa shape index (κ2) is 5.24. The van der Waals surface area contributed by atoms with Crippen molar-refractivity contribution in [3.63, 3.8) is 0 Å². The molecule has 1 fully saturated rings. The van der Waals surface area contributed by atoms with Crippen LogP contribution in [0.2, 0.25) is 0 Å². The Hall–Kier alpha value is -1.47. The van der Waals surface area contributed by atoms with Gasteiger partial charge in [-0.05, 0) is 30.2 Å². The van der Waals surface area contributed by atoms with E-state index >= 15 is 0 Å². The predicted octanol–water partition coefficient (Wildman–Crippen LogP) is 2.24. The van der Waals surface area contributed by atoms with Crippen LogP contribution in [0, 0.1) is 18.3 Å². The van der Waals surface area contributed by atoms with Crippen LogP contribution in [0.3, 0.4) is 0 Å². The fourth-order valence-corrected chi connectivity index (χ4v) is 2.52. The maximum absolute atomic E-state index is 12.3. The van der Waals surface area contributed by atoms with E-state index in [1.165, 1.54) is 24.2 Å². The summed E-state index contributed by atoms with van der Waals surface area (Å²) in [6, 6.07) is 1.81. The van der Waals surface area contributed by atoms with Gasteiger partial charge in [0, 0.05) is 6.54 Å². The summed E-state index contributed by atoms with van der Waals surface area (Å²) in [6.45, 7) is 1.14. The molecule has 1 saturated carbocycles. The fourth-order valence-electron chi connectivity index (χ4n) is 1.70. The van der Waals surface area contributed by atoms with Crippen molar-refractivity contribution in [3.8, 4) is 18.1 Å². The fraction of sp³-hybridized carbons (Fsp3) is 0.462. The van der Waals surface area contributed by atoms with E-state index in [0.717, 1.165) is 6.54 Å². The van der Waals surface area contributed by atoms with Gasteiger partial charge in [-0.25, -0.2) is 0 Å². The van der Waals surface area contributed by atoms with Gasteiger partial charge < -0.3 is 9.64 Å². The largest absolute Gasteiger partial charge is 0.495 e. The molecule has 0 atom stereocenters. The van der Waals surface area contributed by atoms with Crippen molar-refractivity contribution in [2.75, 3.05) is 20.2 Å². The highest BCUT2D eigenvalue weighted by Gasteiger charge is 2.28. The van der Waals surface area contributed by atoms with E-state index in [-0.39, 0.29) is 5.91 Å². The predicted molar refractivity (Wildman–Crippen MR) is 68.3 cm³/mol. The molecule has 0 N–H and O–H groups in total. The summed E-state index contributed by atoms with van der Waals surface area (Å²) in [4.78, 5) is 14.7. The summed E-state index contributed by atoms with van der Waals surface area (Å²) in [5.74, 6) is 3.81. The molecule has 2 rings (SSSR count). The Morgan fingerprint density at radius 3 is 3.06 bits per heavy atom. The van der Waals surface area contributed by atoms with Gasteiger partial charge in [0.1, 0.15) is 10.6 Å². The zero-order chi connectivity index (χ0) is 12.3.